The highest BCUT2D eigenvalue weighted by atomic mass is 19.1. The van der Waals surface area contributed by atoms with E-state index < -0.39 is 0 Å². The fourth-order valence-corrected chi connectivity index (χ4v) is 3.95. The molecule has 160 valence electrons. The second kappa shape index (κ2) is 9.52. The molecule has 0 aromatic heterocycles. The van der Waals surface area contributed by atoms with Gasteiger partial charge in [-0.3, -0.25) is 0 Å². The molecule has 0 unspecified atom stereocenters. The fourth-order valence-electron chi connectivity index (χ4n) is 3.95. The zero-order valence-corrected chi connectivity index (χ0v) is 17.8. The molecular weight excluding hydrogens is 377 g/mol. The van der Waals surface area contributed by atoms with Crippen LogP contribution in [0.1, 0.15) is 42.4 Å². The van der Waals surface area contributed by atoms with Crippen LogP contribution in [0.5, 0.6) is 5.75 Å². The summed E-state index contributed by atoms with van der Waals surface area (Å²) in [7, 11) is 0. The van der Waals surface area contributed by atoms with E-state index in [0.29, 0.717) is 18.7 Å². The first-order valence-corrected chi connectivity index (χ1v) is 11.0. The number of halogens is 1. The van der Waals surface area contributed by atoms with Crippen LogP contribution in [0.4, 0.5) is 4.39 Å². The molecule has 0 bridgehead atoms. The molecule has 2 aromatic carbocycles. The summed E-state index contributed by atoms with van der Waals surface area (Å²) in [4.78, 5) is 2.35. The number of piperidine rings is 1. The van der Waals surface area contributed by atoms with E-state index in [1.54, 1.807) is 12.1 Å². The van der Waals surface area contributed by atoms with Gasteiger partial charge in [-0.1, -0.05) is 24.8 Å². The van der Waals surface area contributed by atoms with Crippen LogP contribution in [0, 0.1) is 12.7 Å². The molecule has 2 aliphatic rings. The van der Waals surface area contributed by atoms with E-state index in [4.69, 9.17) is 4.74 Å². The maximum atomic E-state index is 13.5. The summed E-state index contributed by atoms with van der Waals surface area (Å²) in [5, 5.41) is 6.95. The number of hydrogen-bond acceptors (Lipinski definition) is 4. The Balaban J connectivity index is 1.40. The molecule has 0 radical (unpaired) electrons. The van der Waals surface area contributed by atoms with Crippen LogP contribution in [0.2, 0.25) is 0 Å². The van der Waals surface area contributed by atoms with Gasteiger partial charge in [-0.05, 0) is 86.7 Å². The molecule has 4 nitrogen and oxygen atoms in total. The standard InChI is InChI=1S/C25H32FN3O/c1-18-15-22(26)6-5-21(18)17-29(23-11-13-27-14-12-23)19(2)28-16-20-3-7-24(8-4-20)30-25-9-10-25/h3-8,15,23,25,27-28H,2,9-14,16-17H2,1H3. The van der Waals surface area contributed by atoms with Gasteiger partial charge >= 0.3 is 0 Å². The molecule has 2 N–H and O–H groups in total. The van der Waals surface area contributed by atoms with Gasteiger partial charge in [-0.2, -0.15) is 0 Å². The first-order chi connectivity index (χ1) is 14.6. The molecule has 2 aromatic rings. The minimum atomic E-state index is -0.185. The van der Waals surface area contributed by atoms with Gasteiger partial charge in [-0.15, -0.1) is 0 Å². The Morgan fingerprint density at radius 3 is 2.53 bits per heavy atom. The highest BCUT2D eigenvalue weighted by Crippen LogP contribution is 2.27. The van der Waals surface area contributed by atoms with Crippen molar-refractivity contribution in [1.82, 2.24) is 15.5 Å². The van der Waals surface area contributed by atoms with E-state index >= 15 is 0 Å². The second-order valence-corrected chi connectivity index (χ2v) is 8.44. The highest BCUT2D eigenvalue weighted by molar-refractivity contribution is 5.29. The summed E-state index contributed by atoms with van der Waals surface area (Å²) in [6.45, 7) is 9.80. The van der Waals surface area contributed by atoms with Crippen molar-refractivity contribution >= 4 is 0 Å². The van der Waals surface area contributed by atoms with E-state index in [2.05, 4.69) is 34.2 Å². The van der Waals surface area contributed by atoms with Crippen molar-refractivity contribution in [2.45, 2.75) is 57.8 Å². The van der Waals surface area contributed by atoms with E-state index in [-0.39, 0.29) is 5.82 Å². The summed E-state index contributed by atoms with van der Waals surface area (Å²) in [6, 6.07) is 13.8. The van der Waals surface area contributed by atoms with Gasteiger partial charge in [-0.25, -0.2) is 4.39 Å². The van der Waals surface area contributed by atoms with E-state index in [0.717, 1.165) is 55.2 Å². The Morgan fingerprint density at radius 2 is 1.87 bits per heavy atom. The zero-order valence-electron chi connectivity index (χ0n) is 17.8. The van der Waals surface area contributed by atoms with Crippen molar-refractivity contribution < 1.29 is 9.13 Å². The van der Waals surface area contributed by atoms with Gasteiger partial charge in [0.25, 0.3) is 0 Å². The Morgan fingerprint density at radius 1 is 1.13 bits per heavy atom. The Bertz CT molecular complexity index is 857. The smallest absolute Gasteiger partial charge is 0.123 e. The van der Waals surface area contributed by atoms with Crippen LogP contribution in [0.3, 0.4) is 0 Å². The maximum Gasteiger partial charge on any atom is 0.123 e. The minimum Gasteiger partial charge on any atom is -0.490 e. The molecule has 1 saturated carbocycles. The largest absolute Gasteiger partial charge is 0.490 e. The average molecular weight is 410 g/mol. The summed E-state index contributed by atoms with van der Waals surface area (Å²) >= 11 is 0. The Kier molecular flexibility index (Phi) is 6.58. The number of ether oxygens (including phenoxy) is 1. The summed E-state index contributed by atoms with van der Waals surface area (Å²) in [5.41, 5.74) is 3.31. The van der Waals surface area contributed by atoms with Gasteiger partial charge in [0.15, 0.2) is 0 Å². The lowest BCUT2D eigenvalue weighted by Crippen LogP contribution is -2.44. The monoisotopic (exact) mass is 409 g/mol. The molecule has 1 heterocycles. The number of rotatable bonds is 9. The Labute approximate surface area is 179 Å². The number of nitrogens with zero attached hydrogens (tertiary/aromatic N) is 1. The molecule has 2 fully saturated rings. The third-order valence-corrected chi connectivity index (χ3v) is 5.99. The van der Waals surface area contributed by atoms with Gasteiger partial charge in [0.1, 0.15) is 11.6 Å². The number of benzene rings is 2. The maximum absolute atomic E-state index is 13.5. The van der Waals surface area contributed by atoms with Gasteiger partial charge in [0.05, 0.1) is 11.9 Å². The van der Waals surface area contributed by atoms with Crippen LogP contribution in [-0.2, 0) is 13.1 Å². The van der Waals surface area contributed by atoms with Crippen molar-refractivity contribution in [3.8, 4) is 5.75 Å². The predicted molar refractivity (Wildman–Crippen MR) is 119 cm³/mol. The molecular formula is C25H32FN3O. The third kappa shape index (κ3) is 5.54. The summed E-state index contributed by atoms with van der Waals surface area (Å²) < 4.78 is 19.4. The molecule has 30 heavy (non-hydrogen) atoms. The van der Waals surface area contributed by atoms with Gasteiger partial charge < -0.3 is 20.3 Å². The van der Waals surface area contributed by atoms with Crippen molar-refractivity contribution in [3.63, 3.8) is 0 Å². The molecule has 0 amide bonds. The molecule has 5 heteroatoms. The topological polar surface area (TPSA) is 36.5 Å². The van der Waals surface area contributed by atoms with Crippen LogP contribution in [0.25, 0.3) is 0 Å². The molecule has 1 aliphatic carbocycles. The molecule has 0 spiro atoms. The molecule has 4 rings (SSSR count). The van der Waals surface area contributed by atoms with Gasteiger partial charge in [0, 0.05) is 19.1 Å². The first kappa shape index (κ1) is 20.7. The fraction of sp³-hybridized carbons (Fsp3) is 0.440. The van der Waals surface area contributed by atoms with Crippen molar-refractivity contribution in [1.29, 1.82) is 0 Å². The van der Waals surface area contributed by atoms with E-state index in [1.165, 1.54) is 18.4 Å². The average Bonchev–Trinajstić information content (AvgIpc) is 3.57. The molecule has 1 saturated heterocycles. The van der Waals surface area contributed by atoms with Crippen molar-refractivity contribution in [3.05, 3.63) is 77.4 Å². The first-order valence-electron chi connectivity index (χ1n) is 11.0. The minimum absolute atomic E-state index is 0.185. The summed E-state index contributed by atoms with van der Waals surface area (Å²) in [6.07, 6.45) is 4.91. The number of aryl methyl sites for hydroxylation is 1. The SMILES string of the molecule is C=C(NCc1ccc(OC2CC2)cc1)N(Cc1ccc(F)cc1C)C1CCNCC1. The highest BCUT2D eigenvalue weighted by Gasteiger charge is 2.24. The zero-order chi connectivity index (χ0) is 20.9. The van der Waals surface area contributed by atoms with Crippen LogP contribution >= 0.6 is 0 Å². The van der Waals surface area contributed by atoms with Crippen LogP contribution < -0.4 is 15.4 Å². The quantitative estimate of drug-likeness (QED) is 0.640. The van der Waals surface area contributed by atoms with Gasteiger partial charge in [0.2, 0.25) is 0 Å². The van der Waals surface area contributed by atoms with Crippen molar-refractivity contribution in [2.24, 2.45) is 0 Å². The lowest BCUT2D eigenvalue weighted by molar-refractivity contribution is 0.187. The van der Waals surface area contributed by atoms with Crippen LogP contribution in [0.15, 0.2) is 54.9 Å². The second-order valence-electron chi connectivity index (χ2n) is 8.44. The normalized spacial score (nSPS) is 16.9. The Hall–Kier alpha value is -2.53. The predicted octanol–water partition coefficient (Wildman–Crippen LogP) is 4.49. The number of nitrogens with one attached hydrogen (secondary N) is 2. The van der Waals surface area contributed by atoms with Crippen molar-refractivity contribution in [2.75, 3.05) is 13.1 Å². The van der Waals surface area contributed by atoms with Crippen LogP contribution in [-0.4, -0.2) is 30.1 Å². The third-order valence-electron chi connectivity index (χ3n) is 5.99. The molecule has 0 atom stereocenters. The number of hydrogen-bond donors (Lipinski definition) is 2. The summed E-state index contributed by atoms with van der Waals surface area (Å²) in [5.74, 6) is 1.68. The lowest BCUT2D eigenvalue weighted by atomic mass is 10.0. The van der Waals surface area contributed by atoms with E-state index in [9.17, 15) is 4.39 Å². The van der Waals surface area contributed by atoms with E-state index in [1.807, 2.05) is 25.1 Å². The lowest BCUT2D eigenvalue weighted by Gasteiger charge is -2.38. The molecule has 1 aliphatic heterocycles.